The maximum atomic E-state index is 13.0. The number of thioether (sulfide) groups is 1. The molecule has 33 heavy (non-hydrogen) atoms. The van der Waals surface area contributed by atoms with Crippen LogP contribution < -0.4 is 4.74 Å². The number of aliphatic hydroxyl groups excluding tert-OH is 1. The molecule has 8 heteroatoms. The van der Waals surface area contributed by atoms with Gasteiger partial charge in [-0.1, -0.05) is 24.3 Å². The lowest BCUT2D eigenvalue weighted by molar-refractivity contribution is -0.111. The van der Waals surface area contributed by atoms with Gasteiger partial charge in [0.25, 0.3) is 0 Å². The number of β-amino-alcohol motifs (C(OH)–C–C–N with tert-alkyl or cyclic N) is 1. The number of allylic oxidation sites excluding steroid dienone is 1. The average Bonchev–Trinajstić information content (AvgIpc) is 2.84. The van der Waals surface area contributed by atoms with Crippen LogP contribution in [0.5, 0.6) is 5.75 Å². The number of hydrogen-bond acceptors (Lipinski definition) is 7. The summed E-state index contributed by atoms with van der Waals surface area (Å²) in [4.78, 5) is 27.6. The van der Waals surface area contributed by atoms with Crippen molar-refractivity contribution in [2.24, 2.45) is 0 Å². The highest BCUT2D eigenvalue weighted by Crippen LogP contribution is 2.47. The Morgan fingerprint density at radius 1 is 1.06 bits per heavy atom. The van der Waals surface area contributed by atoms with Crippen molar-refractivity contribution in [2.75, 3.05) is 32.0 Å². The van der Waals surface area contributed by atoms with Gasteiger partial charge in [0.15, 0.2) is 0 Å². The Bertz CT molecular complexity index is 1110. The molecule has 1 unspecified atom stereocenters. The van der Waals surface area contributed by atoms with Gasteiger partial charge in [0.2, 0.25) is 11.6 Å². The van der Waals surface area contributed by atoms with Gasteiger partial charge in [-0.15, -0.1) is 11.8 Å². The lowest BCUT2D eigenvalue weighted by Gasteiger charge is -2.45. The molecule has 2 aromatic rings. The summed E-state index contributed by atoms with van der Waals surface area (Å²) in [5.74, 6) is 0.396. The molecule has 0 saturated carbocycles. The molecule has 0 bridgehead atoms. The zero-order valence-electron chi connectivity index (χ0n) is 18.0. The van der Waals surface area contributed by atoms with Crippen LogP contribution in [0.25, 0.3) is 5.76 Å². The Hall–Kier alpha value is -2.68. The highest BCUT2D eigenvalue weighted by atomic mass is 32.2. The molecule has 1 aliphatic carbocycles. The molecule has 1 spiro atoms. The molecule has 2 aliphatic heterocycles. The van der Waals surface area contributed by atoms with Crippen LogP contribution in [-0.4, -0.2) is 65.3 Å². The topological polar surface area (TPSA) is 76.1 Å². The van der Waals surface area contributed by atoms with E-state index in [1.807, 2.05) is 12.1 Å². The minimum Gasteiger partial charge on any atom is -0.491 e. The number of likely N-dealkylation sites (tertiary alicyclic amines) is 1. The van der Waals surface area contributed by atoms with Gasteiger partial charge >= 0.3 is 0 Å². The van der Waals surface area contributed by atoms with Crippen molar-refractivity contribution >= 4 is 29.1 Å². The summed E-state index contributed by atoms with van der Waals surface area (Å²) in [6.07, 6.45) is 0.841. The first kappa shape index (κ1) is 22.1. The maximum Gasteiger partial charge on any atom is 0.243 e. The number of rotatable bonds is 5. The molecular formula is C25H24FNO5S. The number of piperidine rings is 1. The van der Waals surface area contributed by atoms with Crippen molar-refractivity contribution in [1.29, 1.82) is 0 Å². The summed E-state index contributed by atoms with van der Waals surface area (Å²) in [5, 5.41) is 10.4. The summed E-state index contributed by atoms with van der Waals surface area (Å²) in [6.45, 7) is 2.08. The number of nitrogens with zero attached hydrogens (tertiary/aromatic N) is 1. The zero-order valence-corrected chi connectivity index (χ0v) is 18.8. The number of ether oxygens (including phenoxy) is 2. The van der Waals surface area contributed by atoms with E-state index in [2.05, 4.69) is 4.90 Å². The molecule has 0 amide bonds. The summed E-state index contributed by atoms with van der Waals surface area (Å²) < 4.78 is 25.0. The number of Topliss-reactive ketones (excluding diaryl/α,β-unsaturated/α-hetero) is 2. The number of carbonyl (C=O) groups excluding carboxylic acids is 2. The van der Waals surface area contributed by atoms with Crippen LogP contribution in [0, 0.1) is 5.82 Å². The third kappa shape index (κ3) is 4.43. The Morgan fingerprint density at radius 3 is 2.48 bits per heavy atom. The quantitative estimate of drug-likeness (QED) is 0.674. The van der Waals surface area contributed by atoms with E-state index in [0.717, 1.165) is 25.9 Å². The summed E-state index contributed by atoms with van der Waals surface area (Å²) in [5.41, 5.74) is 0.698. The normalized spacial score (nSPS) is 20.8. The van der Waals surface area contributed by atoms with E-state index in [4.69, 9.17) is 9.47 Å². The van der Waals surface area contributed by atoms with Crippen molar-refractivity contribution in [3.8, 4) is 5.75 Å². The molecule has 0 aromatic heterocycles. The minimum absolute atomic E-state index is 0.128. The summed E-state index contributed by atoms with van der Waals surface area (Å²) >= 11 is 1.42. The fourth-order valence-corrected chi connectivity index (χ4v) is 5.74. The van der Waals surface area contributed by atoms with Crippen molar-refractivity contribution in [3.05, 3.63) is 70.4 Å². The lowest BCUT2D eigenvalue weighted by atomic mass is 9.90. The predicted octanol–water partition coefficient (Wildman–Crippen LogP) is 3.30. The van der Waals surface area contributed by atoms with E-state index in [0.29, 0.717) is 39.8 Å². The average molecular weight is 470 g/mol. The largest absolute Gasteiger partial charge is 0.491 e. The molecule has 1 atom stereocenters. The van der Waals surface area contributed by atoms with E-state index in [9.17, 15) is 19.1 Å². The van der Waals surface area contributed by atoms with Gasteiger partial charge in [-0.3, -0.25) is 9.59 Å². The first-order valence-electron chi connectivity index (χ1n) is 11.0. The molecule has 172 valence electrons. The third-order valence-electron chi connectivity index (χ3n) is 6.33. The fourth-order valence-electron chi connectivity index (χ4n) is 4.48. The molecule has 1 fully saturated rings. The zero-order chi connectivity index (χ0) is 23.0. The standard InChI is InChI=1S/C25H24FNO5S/c26-16-5-7-18(8-6-16)31-14-17(28)13-27-11-9-25(10-12-27)15-33-24-22(30)21(29)19-3-1-2-4-20(19)23(24)32-25/h1-8,17,28H,9-15H2. The van der Waals surface area contributed by atoms with E-state index in [1.165, 1.54) is 36.0 Å². The Balaban J connectivity index is 1.19. The number of halogens is 1. The number of ketones is 2. The highest BCUT2D eigenvalue weighted by Gasteiger charge is 2.46. The number of carbonyl (C=O) groups is 2. The van der Waals surface area contributed by atoms with Crippen molar-refractivity contribution in [3.63, 3.8) is 0 Å². The third-order valence-corrected chi connectivity index (χ3v) is 7.66. The highest BCUT2D eigenvalue weighted by molar-refractivity contribution is 8.04. The number of benzene rings is 2. The van der Waals surface area contributed by atoms with Crippen molar-refractivity contribution in [1.82, 2.24) is 4.90 Å². The van der Waals surface area contributed by atoms with Crippen molar-refractivity contribution in [2.45, 2.75) is 24.5 Å². The van der Waals surface area contributed by atoms with E-state index >= 15 is 0 Å². The van der Waals surface area contributed by atoms with Gasteiger partial charge in [-0.05, 0) is 24.3 Å². The fraction of sp³-hybridized carbons (Fsp3) is 0.360. The van der Waals surface area contributed by atoms with Gasteiger partial charge in [0.05, 0.1) is 0 Å². The SMILES string of the molecule is O=C1C(=O)c2ccccc2C2=C1SCC1(CCN(CC(O)COc3ccc(F)cc3)CC1)O2. The molecule has 0 radical (unpaired) electrons. The molecule has 3 aliphatic rings. The molecule has 2 heterocycles. The van der Waals surface area contributed by atoms with Gasteiger partial charge in [-0.25, -0.2) is 4.39 Å². The van der Waals surface area contributed by atoms with Crippen molar-refractivity contribution < 1.29 is 28.6 Å². The number of fused-ring (bicyclic) bond motifs is 2. The van der Waals surface area contributed by atoms with E-state index in [1.54, 1.807) is 12.1 Å². The second-order valence-electron chi connectivity index (χ2n) is 8.66. The van der Waals surface area contributed by atoms with E-state index in [-0.39, 0.29) is 12.4 Å². The van der Waals surface area contributed by atoms with Crippen LogP contribution in [0.15, 0.2) is 53.4 Å². The predicted molar refractivity (Wildman–Crippen MR) is 123 cm³/mol. The van der Waals surface area contributed by atoms with Crippen LogP contribution in [0.1, 0.15) is 28.8 Å². The monoisotopic (exact) mass is 469 g/mol. The first-order valence-corrected chi connectivity index (χ1v) is 12.0. The van der Waals surface area contributed by atoms with Crippen LogP contribution in [0.2, 0.25) is 0 Å². The Labute approximate surface area is 195 Å². The molecule has 1 saturated heterocycles. The lowest BCUT2D eigenvalue weighted by Crippen LogP contribution is -2.51. The van der Waals surface area contributed by atoms with Crippen LogP contribution in [0.3, 0.4) is 0 Å². The van der Waals surface area contributed by atoms with Crippen LogP contribution in [0.4, 0.5) is 4.39 Å². The molecule has 6 nitrogen and oxygen atoms in total. The second kappa shape index (κ2) is 8.93. The Kier molecular flexibility index (Phi) is 5.99. The number of aliphatic hydroxyl groups is 1. The van der Waals surface area contributed by atoms with E-state index < -0.39 is 23.3 Å². The summed E-state index contributed by atoms with van der Waals surface area (Å²) in [6, 6.07) is 12.8. The number of hydrogen-bond donors (Lipinski definition) is 1. The van der Waals surface area contributed by atoms with Gasteiger partial charge in [0, 0.05) is 49.4 Å². The molecular weight excluding hydrogens is 445 g/mol. The summed E-state index contributed by atoms with van der Waals surface area (Å²) in [7, 11) is 0. The first-order chi connectivity index (χ1) is 15.9. The molecule has 1 N–H and O–H groups in total. The second-order valence-corrected chi connectivity index (χ2v) is 9.64. The smallest absolute Gasteiger partial charge is 0.243 e. The minimum atomic E-state index is -0.672. The van der Waals surface area contributed by atoms with Crippen LogP contribution >= 0.6 is 11.8 Å². The molecule has 5 rings (SSSR count). The van der Waals surface area contributed by atoms with Gasteiger partial charge in [-0.2, -0.15) is 0 Å². The van der Waals surface area contributed by atoms with Crippen LogP contribution in [-0.2, 0) is 9.53 Å². The van der Waals surface area contributed by atoms with Gasteiger partial charge < -0.3 is 19.5 Å². The maximum absolute atomic E-state index is 13.0. The van der Waals surface area contributed by atoms with Gasteiger partial charge in [0.1, 0.15) is 40.5 Å². The Morgan fingerprint density at radius 2 is 1.76 bits per heavy atom. The molecule has 2 aromatic carbocycles.